The highest BCUT2D eigenvalue weighted by atomic mass is 35.5. The van der Waals surface area contributed by atoms with E-state index in [1.807, 2.05) is 6.92 Å². The number of imide groups is 1. The van der Waals surface area contributed by atoms with Crippen LogP contribution in [0.4, 0.5) is 10.5 Å². The molecule has 1 aliphatic rings. The van der Waals surface area contributed by atoms with E-state index in [9.17, 15) is 19.2 Å². The predicted molar refractivity (Wildman–Crippen MR) is 133 cm³/mol. The molecule has 0 radical (unpaired) electrons. The van der Waals surface area contributed by atoms with Crippen molar-refractivity contribution in [2.45, 2.75) is 6.92 Å². The highest BCUT2D eigenvalue weighted by Gasteiger charge is 2.36. The molecule has 0 aliphatic carbocycles. The van der Waals surface area contributed by atoms with Gasteiger partial charge in [-0.3, -0.25) is 19.3 Å². The molecular weight excluding hydrogens is 492 g/mol. The number of amides is 3. The summed E-state index contributed by atoms with van der Waals surface area (Å²) >= 11 is 6.80. The highest BCUT2D eigenvalue weighted by Crippen LogP contribution is 2.33. The number of methoxy groups -OCH3 is 1. The molecule has 2 aromatic carbocycles. The molecule has 1 fully saturated rings. The van der Waals surface area contributed by atoms with Crippen LogP contribution < -0.4 is 5.32 Å². The second kappa shape index (κ2) is 10.2. The topological polar surface area (TPSA) is 106 Å². The Hall–Kier alpha value is -3.82. The predicted octanol–water partition coefficient (Wildman–Crippen LogP) is 5.37. The first-order chi connectivity index (χ1) is 16.7. The summed E-state index contributed by atoms with van der Waals surface area (Å²) in [6.07, 6.45) is 1.45. The fraction of sp³-hybridized carbons (Fsp3) is 0.120. The Morgan fingerprint density at radius 2 is 1.86 bits per heavy atom. The number of nitrogens with one attached hydrogen (secondary N) is 1. The van der Waals surface area contributed by atoms with Gasteiger partial charge in [0, 0.05) is 22.3 Å². The van der Waals surface area contributed by atoms with Crippen LogP contribution in [0.2, 0.25) is 5.02 Å². The number of benzene rings is 2. The molecule has 2 heterocycles. The van der Waals surface area contributed by atoms with Crippen LogP contribution in [0, 0.1) is 6.92 Å². The minimum Gasteiger partial charge on any atom is -0.465 e. The van der Waals surface area contributed by atoms with E-state index in [0.29, 0.717) is 27.8 Å². The van der Waals surface area contributed by atoms with Gasteiger partial charge in [-0.25, -0.2) is 4.79 Å². The van der Waals surface area contributed by atoms with Crippen molar-refractivity contribution >= 4 is 58.1 Å². The molecule has 1 aromatic heterocycles. The van der Waals surface area contributed by atoms with Crippen molar-refractivity contribution < 1.29 is 28.3 Å². The number of carbonyl (C=O) groups excluding carboxylic acids is 4. The molecule has 1 aliphatic heterocycles. The molecule has 0 bridgehead atoms. The zero-order chi connectivity index (χ0) is 25.1. The zero-order valence-electron chi connectivity index (χ0n) is 18.7. The molecule has 4 rings (SSSR count). The molecule has 8 nitrogen and oxygen atoms in total. The summed E-state index contributed by atoms with van der Waals surface area (Å²) in [6, 6.07) is 15.1. The van der Waals surface area contributed by atoms with Crippen molar-refractivity contribution in [1.82, 2.24) is 4.90 Å². The lowest BCUT2D eigenvalue weighted by Crippen LogP contribution is -2.36. The van der Waals surface area contributed by atoms with Gasteiger partial charge in [0.25, 0.3) is 11.1 Å². The van der Waals surface area contributed by atoms with E-state index in [4.69, 9.17) is 16.0 Å². The molecular formula is C25H19ClN2O6S. The van der Waals surface area contributed by atoms with Gasteiger partial charge < -0.3 is 14.5 Å². The van der Waals surface area contributed by atoms with E-state index >= 15 is 0 Å². The van der Waals surface area contributed by atoms with Crippen LogP contribution in [0.15, 0.2) is 63.9 Å². The van der Waals surface area contributed by atoms with E-state index < -0.39 is 29.6 Å². The molecule has 1 saturated heterocycles. The number of ether oxygens (including phenoxy) is 1. The first kappa shape index (κ1) is 24.3. The lowest BCUT2D eigenvalue weighted by atomic mass is 10.1. The third-order valence-corrected chi connectivity index (χ3v) is 6.44. The summed E-state index contributed by atoms with van der Waals surface area (Å²) in [6.45, 7) is 1.41. The Morgan fingerprint density at radius 3 is 2.54 bits per heavy atom. The summed E-state index contributed by atoms with van der Waals surface area (Å²) in [7, 11) is 1.31. The van der Waals surface area contributed by atoms with Gasteiger partial charge >= 0.3 is 5.97 Å². The van der Waals surface area contributed by atoms with Crippen molar-refractivity contribution in [3.63, 3.8) is 0 Å². The monoisotopic (exact) mass is 510 g/mol. The molecule has 35 heavy (non-hydrogen) atoms. The Kier molecular flexibility index (Phi) is 7.09. The number of hydrogen-bond acceptors (Lipinski definition) is 7. The number of thioether (sulfide) groups is 1. The van der Waals surface area contributed by atoms with Gasteiger partial charge in [-0.15, -0.1) is 0 Å². The second-order valence-electron chi connectivity index (χ2n) is 7.55. The molecule has 1 N–H and O–H groups in total. The summed E-state index contributed by atoms with van der Waals surface area (Å²) < 4.78 is 10.5. The lowest BCUT2D eigenvalue weighted by Gasteiger charge is -2.12. The fourth-order valence-corrected chi connectivity index (χ4v) is 4.25. The minimum atomic E-state index is -0.586. The average Bonchev–Trinajstić information content (AvgIpc) is 3.41. The normalized spacial score (nSPS) is 14.5. The van der Waals surface area contributed by atoms with Crippen molar-refractivity contribution in [2.75, 3.05) is 19.0 Å². The summed E-state index contributed by atoms with van der Waals surface area (Å²) in [4.78, 5) is 50.1. The van der Waals surface area contributed by atoms with Gasteiger partial charge in [0.05, 0.1) is 17.6 Å². The average molecular weight is 511 g/mol. The molecule has 3 amide bonds. The Labute approximate surface area is 209 Å². The van der Waals surface area contributed by atoms with Crippen molar-refractivity contribution in [3.05, 3.63) is 81.4 Å². The zero-order valence-corrected chi connectivity index (χ0v) is 20.2. The molecule has 0 saturated carbocycles. The first-order valence-electron chi connectivity index (χ1n) is 10.3. The van der Waals surface area contributed by atoms with Gasteiger partial charge in [0.1, 0.15) is 18.1 Å². The number of carbonyl (C=O) groups is 4. The first-order valence-corrected chi connectivity index (χ1v) is 11.5. The third-order valence-electron chi connectivity index (χ3n) is 5.12. The third kappa shape index (κ3) is 5.47. The SMILES string of the molecule is COC(=O)c1ccc(-c2ccc(/C=C3/SC(=O)N(CC(=O)Nc4ccc(C)c(Cl)c4)C3=O)o2)cc1. The van der Waals surface area contributed by atoms with E-state index in [-0.39, 0.29) is 4.91 Å². The molecule has 3 aromatic rings. The number of aryl methyl sites for hydroxylation is 1. The molecule has 0 unspecified atom stereocenters. The Balaban J connectivity index is 1.43. The number of hydrogen-bond donors (Lipinski definition) is 1. The maximum atomic E-state index is 12.7. The van der Waals surface area contributed by atoms with Crippen LogP contribution in [-0.4, -0.2) is 41.6 Å². The summed E-state index contributed by atoms with van der Waals surface area (Å²) in [5.74, 6) is -0.672. The standard InChI is InChI=1S/C25H19ClN2O6S/c1-14-3-8-17(11-19(14)26)27-22(29)13-28-23(30)21(35-25(28)32)12-18-9-10-20(34-18)15-4-6-16(7-5-15)24(31)33-2/h3-12H,13H2,1-2H3,(H,27,29)/b21-12+. The minimum absolute atomic E-state index is 0.142. The van der Waals surface area contributed by atoms with Crippen LogP contribution in [0.3, 0.4) is 0 Å². The van der Waals surface area contributed by atoms with E-state index in [2.05, 4.69) is 10.1 Å². The molecule has 10 heteroatoms. The van der Waals surface area contributed by atoms with E-state index in [1.54, 1.807) is 54.6 Å². The molecule has 0 spiro atoms. The fourth-order valence-electron chi connectivity index (χ4n) is 3.25. The number of furan rings is 1. The van der Waals surface area contributed by atoms with Gasteiger partial charge in [-0.1, -0.05) is 29.8 Å². The summed E-state index contributed by atoms with van der Waals surface area (Å²) in [5.41, 5.74) is 2.46. The maximum Gasteiger partial charge on any atom is 0.337 e. The van der Waals surface area contributed by atoms with Crippen molar-refractivity contribution in [3.8, 4) is 11.3 Å². The highest BCUT2D eigenvalue weighted by molar-refractivity contribution is 8.18. The van der Waals surface area contributed by atoms with Gasteiger partial charge in [0.15, 0.2) is 0 Å². The van der Waals surface area contributed by atoms with Crippen LogP contribution in [0.25, 0.3) is 17.4 Å². The number of esters is 1. The van der Waals surface area contributed by atoms with Gasteiger partial charge in [-0.05, 0) is 60.6 Å². The van der Waals surface area contributed by atoms with Crippen molar-refractivity contribution in [2.24, 2.45) is 0 Å². The van der Waals surface area contributed by atoms with Gasteiger partial charge in [-0.2, -0.15) is 0 Å². The summed E-state index contributed by atoms with van der Waals surface area (Å²) in [5, 5.41) is 2.58. The van der Waals surface area contributed by atoms with Crippen molar-refractivity contribution in [1.29, 1.82) is 0 Å². The van der Waals surface area contributed by atoms with E-state index in [1.165, 1.54) is 13.2 Å². The molecule has 0 atom stereocenters. The quantitative estimate of drug-likeness (QED) is 0.351. The van der Waals surface area contributed by atoms with Gasteiger partial charge in [0.2, 0.25) is 5.91 Å². The smallest absolute Gasteiger partial charge is 0.337 e. The number of anilines is 1. The van der Waals surface area contributed by atoms with E-state index in [0.717, 1.165) is 27.8 Å². The number of halogens is 1. The Bertz CT molecular complexity index is 1360. The largest absolute Gasteiger partial charge is 0.465 e. The van der Waals surface area contributed by atoms with Crippen LogP contribution in [0.1, 0.15) is 21.7 Å². The second-order valence-corrected chi connectivity index (χ2v) is 8.95. The number of nitrogens with zero attached hydrogens (tertiary/aromatic N) is 1. The van der Waals surface area contributed by atoms with Crippen LogP contribution in [-0.2, 0) is 14.3 Å². The van der Waals surface area contributed by atoms with Crippen LogP contribution in [0.5, 0.6) is 0 Å². The number of rotatable bonds is 6. The molecule has 178 valence electrons. The maximum absolute atomic E-state index is 12.7. The Morgan fingerprint density at radius 1 is 1.11 bits per heavy atom. The van der Waals surface area contributed by atoms with Crippen LogP contribution >= 0.6 is 23.4 Å². The lowest BCUT2D eigenvalue weighted by molar-refractivity contribution is -0.127.